The summed E-state index contributed by atoms with van der Waals surface area (Å²) in [6, 6.07) is 6.40. The van der Waals surface area contributed by atoms with Crippen LogP contribution in [-0.2, 0) is 0 Å². The van der Waals surface area contributed by atoms with E-state index in [0.717, 1.165) is 36.0 Å². The van der Waals surface area contributed by atoms with E-state index in [1.54, 1.807) is 0 Å². The number of nitrogens with zero attached hydrogens (tertiary/aromatic N) is 1. The Labute approximate surface area is 117 Å². The highest BCUT2D eigenvalue weighted by molar-refractivity contribution is 9.10. The van der Waals surface area contributed by atoms with Crippen LogP contribution in [0.5, 0.6) is 0 Å². The average molecular weight is 313 g/mol. The molecule has 1 aromatic carbocycles. The summed E-state index contributed by atoms with van der Waals surface area (Å²) in [5.74, 6) is 0.408. The van der Waals surface area contributed by atoms with Crippen LogP contribution in [0.15, 0.2) is 22.7 Å². The first-order valence-electron chi connectivity index (χ1n) is 6.52. The fraction of sp³-hybridized carbons (Fsp3) is 0.571. The topological polar surface area (TPSA) is 49.5 Å². The van der Waals surface area contributed by atoms with Gasteiger partial charge >= 0.3 is 0 Å². The molecule has 4 heteroatoms. The predicted octanol–water partition coefficient (Wildman–Crippen LogP) is 2.68. The quantitative estimate of drug-likeness (QED) is 0.902. The van der Waals surface area contributed by atoms with E-state index >= 15 is 0 Å². The Kier molecular flexibility index (Phi) is 4.65. The molecule has 0 spiro atoms. The number of piperidine rings is 1. The Morgan fingerprint density at radius 3 is 2.94 bits per heavy atom. The number of anilines is 1. The predicted molar refractivity (Wildman–Crippen MR) is 78.8 cm³/mol. The van der Waals surface area contributed by atoms with Crippen LogP contribution in [-0.4, -0.2) is 24.8 Å². The third-order valence-corrected chi connectivity index (χ3v) is 4.30. The van der Waals surface area contributed by atoms with E-state index in [9.17, 15) is 5.11 Å². The number of hydrogen-bond donors (Lipinski definition) is 2. The third kappa shape index (κ3) is 3.05. The van der Waals surface area contributed by atoms with Gasteiger partial charge in [-0.05, 0) is 43.4 Å². The molecular formula is C14H21BrN2O. The molecule has 18 heavy (non-hydrogen) atoms. The maximum absolute atomic E-state index is 9.27. The molecule has 2 atom stereocenters. The summed E-state index contributed by atoms with van der Waals surface area (Å²) in [6.45, 7) is 4.29. The van der Waals surface area contributed by atoms with E-state index < -0.39 is 0 Å². The van der Waals surface area contributed by atoms with Gasteiger partial charge < -0.3 is 15.7 Å². The maximum Gasteiger partial charge on any atom is 0.0476 e. The lowest BCUT2D eigenvalue weighted by atomic mass is 9.98. The van der Waals surface area contributed by atoms with E-state index in [1.165, 1.54) is 5.69 Å². The first-order valence-corrected chi connectivity index (χ1v) is 7.32. The summed E-state index contributed by atoms with van der Waals surface area (Å²) in [5, 5.41) is 9.27. The second-order valence-electron chi connectivity index (χ2n) is 5.13. The molecule has 1 aliphatic rings. The van der Waals surface area contributed by atoms with Crippen molar-refractivity contribution in [1.29, 1.82) is 0 Å². The molecule has 0 aliphatic carbocycles. The zero-order valence-electron chi connectivity index (χ0n) is 10.8. The molecule has 1 heterocycles. The van der Waals surface area contributed by atoms with Crippen molar-refractivity contribution in [3.05, 3.63) is 28.2 Å². The van der Waals surface area contributed by atoms with Crippen molar-refractivity contribution in [2.75, 3.05) is 24.6 Å². The van der Waals surface area contributed by atoms with Crippen molar-refractivity contribution < 1.29 is 5.11 Å². The van der Waals surface area contributed by atoms with Gasteiger partial charge in [-0.15, -0.1) is 0 Å². The molecule has 100 valence electrons. The SMILES string of the molecule is C[C@H](N)c1ccc(N2CCCC(CO)C2)cc1Br. The van der Waals surface area contributed by atoms with Crippen LogP contribution in [0.1, 0.15) is 31.4 Å². The number of hydrogen-bond acceptors (Lipinski definition) is 3. The number of halogens is 1. The van der Waals surface area contributed by atoms with Gasteiger partial charge in [0.1, 0.15) is 0 Å². The van der Waals surface area contributed by atoms with Crippen molar-refractivity contribution >= 4 is 21.6 Å². The average Bonchev–Trinajstić information content (AvgIpc) is 2.38. The number of aliphatic hydroxyl groups excluding tert-OH is 1. The molecule has 3 N–H and O–H groups in total. The van der Waals surface area contributed by atoms with Gasteiger partial charge in [-0.2, -0.15) is 0 Å². The maximum atomic E-state index is 9.27. The number of rotatable bonds is 3. The van der Waals surface area contributed by atoms with E-state index in [2.05, 4.69) is 39.0 Å². The zero-order chi connectivity index (χ0) is 13.1. The molecule has 0 radical (unpaired) electrons. The fourth-order valence-corrected chi connectivity index (χ4v) is 3.26. The minimum absolute atomic E-state index is 0.0416. The molecule has 0 amide bonds. The summed E-state index contributed by atoms with van der Waals surface area (Å²) < 4.78 is 1.07. The summed E-state index contributed by atoms with van der Waals surface area (Å²) in [7, 11) is 0. The highest BCUT2D eigenvalue weighted by atomic mass is 79.9. The molecule has 0 saturated carbocycles. The van der Waals surface area contributed by atoms with E-state index in [1.807, 2.05) is 6.92 Å². The van der Waals surface area contributed by atoms with Crippen molar-refractivity contribution in [3.8, 4) is 0 Å². The fourth-order valence-electron chi connectivity index (χ4n) is 2.53. The molecular weight excluding hydrogens is 292 g/mol. The van der Waals surface area contributed by atoms with Gasteiger partial charge in [0, 0.05) is 35.9 Å². The highest BCUT2D eigenvalue weighted by Crippen LogP contribution is 2.29. The molecule has 0 aromatic heterocycles. The van der Waals surface area contributed by atoms with Crippen LogP contribution in [0.3, 0.4) is 0 Å². The standard InChI is InChI=1S/C14H21BrN2O/c1-10(16)13-5-4-12(7-14(13)15)17-6-2-3-11(8-17)9-18/h4-5,7,10-11,18H,2-3,6,8-9,16H2,1H3/t10-,11?/m0/s1. The summed E-state index contributed by atoms with van der Waals surface area (Å²) in [5.41, 5.74) is 8.26. The minimum Gasteiger partial charge on any atom is -0.396 e. The molecule has 1 unspecified atom stereocenters. The van der Waals surface area contributed by atoms with E-state index in [4.69, 9.17) is 5.73 Å². The molecule has 1 aliphatic heterocycles. The Bertz CT molecular complexity index is 409. The Morgan fingerprint density at radius 2 is 2.33 bits per heavy atom. The normalized spacial score (nSPS) is 22.0. The lowest BCUT2D eigenvalue weighted by Gasteiger charge is -2.34. The lowest BCUT2D eigenvalue weighted by Crippen LogP contribution is -2.36. The van der Waals surface area contributed by atoms with E-state index in [0.29, 0.717) is 5.92 Å². The van der Waals surface area contributed by atoms with Gasteiger partial charge in [-0.3, -0.25) is 0 Å². The van der Waals surface area contributed by atoms with Crippen molar-refractivity contribution in [3.63, 3.8) is 0 Å². The van der Waals surface area contributed by atoms with Crippen LogP contribution < -0.4 is 10.6 Å². The number of nitrogens with two attached hydrogens (primary N) is 1. The van der Waals surface area contributed by atoms with Crippen LogP contribution in [0.4, 0.5) is 5.69 Å². The second kappa shape index (κ2) is 6.04. The van der Waals surface area contributed by atoms with Crippen molar-refractivity contribution in [2.45, 2.75) is 25.8 Å². The van der Waals surface area contributed by atoms with Crippen molar-refractivity contribution in [1.82, 2.24) is 0 Å². The number of aliphatic hydroxyl groups is 1. The first-order chi connectivity index (χ1) is 8.61. The van der Waals surface area contributed by atoms with Gasteiger partial charge in [0.05, 0.1) is 0 Å². The van der Waals surface area contributed by atoms with Crippen LogP contribution in [0.25, 0.3) is 0 Å². The van der Waals surface area contributed by atoms with Gasteiger partial charge in [0.15, 0.2) is 0 Å². The number of benzene rings is 1. The molecule has 1 fully saturated rings. The minimum atomic E-state index is 0.0416. The molecule has 1 aromatic rings. The lowest BCUT2D eigenvalue weighted by molar-refractivity contribution is 0.208. The summed E-state index contributed by atoms with van der Waals surface area (Å²) >= 11 is 3.59. The summed E-state index contributed by atoms with van der Waals surface area (Å²) in [6.07, 6.45) is 2.28. The monoisotopic (exact) mass is 312 g/mol. The molecule has 3 nitrogen and oxygen atoms in total. The van der Waals surface area contributed by atoms with Gasteiger partial charge in [-0.25, -0.2) is 0 Å². The van der Waals surface area contributed by atoms with E-state index in [-0.39, 0.29) is 12.6 Å². The van der Waals surface area contributed by atoms with Crippen LogP contribution in [0, 0.1) is 5.92 Å². The Morgan fingerprint density at radius 1 is 1.56 bits per heavy atom. The zero-order valence-corrected chi connectivity index (χ0v) is 12.4. The van der Waals surface area contributed by atoms with Crippen molar-refractivity contribution in [2.24, 2.45) is 11.7 Å². The molecule has 2 rings (SSSR count). The van der Waals surface area contributed by atoms with Gasteiger partial charge in [0.2, 0.25) is 0 Å². The second-order valence-corrected chi connectivity index (χ2v) is 5.99. The summed E-state index contributed by atoms with van der Waals surface area (Å²) in [4.78, 5) is 2.35. The van der Waals surface area contributed by atoms with Gasteiger partial charge in [0.25, 0.3) is 0 Å². The largest absolute Gasteiger partial charge is 0.396 e. The van der Waals surface area contributed by atoms with Gasteiger partial charge in [-0.1, -0.05) is 22.0 Å². The smallest absolute Gasteiger partial charge is 0.0476 e. The van der Waals surface area contributed by atoms with Crippen LogP contribution >= 0.6 is 15.9 Å². The third-order valence-electron chi connectivity index (χ3n) is 3.62. The molecule has 1 saturated heterocycles. The first kappa shape index (κ1) is 13.8. The Hall–Kier alpha value is -0.580. The Balaban J connectivity index is 2.16. The highest BCUT2D eigenvalue weighted by Gasteiger charge is 2.20. The molecule has 0 bridgehead atoms. The van der Waals surface area contributed by atoms with Crippen LogP contribution in [0.2, 0.25) is 0 Å².